The number of carbonyl (C=O) groups is 2. The third-order valence-electron chi connectivity index (χ3n) is 2.72. The van der Waals surface area contributed by atoms with E-state index in [4.69, 9.17) is 16.4 Å². The second-order valence-electron chi connectivity index (χ2n) is 4.07. The Morgan fingerprint density at radius 2 is 1.57 bits per heavy atom. The van der Waals surface area contributed by atoms with Gasteiger partial charge in [-0.1, -0.05) is 18.2 Å². The van der Waals surface area contributed by atoms with Crippen molar-refractivity contribution in [2.75, 3.05) is 0 Å². The predicted molar refractivity (Wildman–Crippen MR) is 76.3 cm³/mol. The molecule has 0 atom stereocenters. The topological polar surface area (TPSA) is 119 Å². The van der Waals surface area contributed by atoms with Crippen LogP contribution in [0, 0.1) is 0 Å². The van der Waals surface area contributed by atoms with Gasteiger partial charge in [0.1, 0.15) is 11.5 Å². The van der Waals surface area contributed by atoms with Gasteiger partial charge >= 0.3 is 0 Å². The zero-order valence-corrected chi connectivity index (χ0v) is 11.0. The number of amides is 2. The van der Waals surface area contributed by atoms with Gasteiger partial charge in [-0.25, -0.2) is 11.7 Å². The number of benzene rings is 2. The van der Waals surface area contributed by atoms with Crippen molar-refractivity contribution in [2.24, 2.45) is 11.7 Å². The molecule has 0 radical (unpaired) electrons. The Hall–Kier alpha value is -2.90. The van der Waals surface area contributed by atoms with E-state index in [9.17, 15) is 9.59 Å². The lowest BCUT2D eigenvalue weighted by Gasteiger charge is -2.11. The van der Waals surface area contributed by atoms with E-state index in [1.165, 1.54) is 18.2 Å². The fourth-order valence-corrected chi connectivity index (χ4v) is 1.71. The van der Waals surface area contributed by atoms with Gasteiger partial charge in [0.15, 0.2) is 0 Å². The van der Waals surface area contributed by atoms with E-state index >= 15 is 0 Å². The smallest absolute Gasteiger partial charge is 0.268 e. The molecule has 108 valence electrons. The number of nitrogens with two attached hydrogens (primary N) is 2. The molecule has 0 saturated heterocycles. The first-order valence-electron chi connectivity index (χ1n) is 6.04. The van der Waals surface area contributed by atoms with Crippen molar-refractivity contribution in [3.63, 3.8) is 0 Å². The van der Waals surface area contributed by atoms with Crippen molar-refractivity contribution in [2.45, 2.75) is 0 Å². The van der Waals surface area contributed by atoms with E-state index in [1.54, 1.807) is 24.3 Å². The maximum atomic E-state index is 11.7. The van der Waals surface area contributed by atoms with Crippen LogP contribution in [-0.4, -0.2) is 11.8 Å². The molecule has 2 rings (SSSR count). The van der Waals surface area contributed by atoms with Gasteiger partial charge in [0.2, 0.25) is 0 Å². The molecule has 0 aliphatic rings. The fraction of sp³-hybridized carbons (Fsp3) is 0. The zero-order valence-electron chi connectivity index (χ0n) is 11.0. The summed E-state index contributed by atoms with van der Waals surface area (Å²) in [6.45, 7) is 0. The first-order valence-corrected chi connectivity index (χ1v) is 6.04. The summed E-state index contributed by atoms with van der Waals surface area (Å²) in [5.41, 5.74) is 4.51. The maximum absolute atomic E-state index is 11.7. The quantitative estimate of drug-likeness (QED) is 0.374. The van der Waals surface area contributed by atoms with E-state index in [0.717, 1.165) is 0 Å². The summed E-state index contributed by atoms with van der Waals surface area (Å²) in [4.78, 5) is 23.3. The molecule has 2 aromatic rings. The normalized spacial score (nSPS) is 9.81. The Kier molecular flexibility index (Phi) is 4.50. The Bertz CT molecular complexity index is 659. The second kappa shape index (κ2) is 6.51. The minimum atomic E-state index is -0.527. The van der Waals surface area contributed by atoms with Crippen molar-refractivity contribution >= 4 is 11.8 Å². The largest absolute Gasteiger partial charge is 0.457 e. The van der Waals surface area contributed by atoms with E-state index in [-0.39, 0.29) is 16.9 Å². The SMILES string of the molecule is NNC(=O)c1ccc(C(=O)NN)c(Oc2ccccc2)c1. The molecule has 0 saturated carbocycles. The molecule has 21 heavy (non-hydrogen) atoms. The highest BCUT2D eigenvalue weighted by atomic mass is 16.5. The molecule has 0 aliphatic carbocycles. The Morgan fingerprint density at radius 3 is 2.19 bits per heavy atom. The van der Waals surface area contributed by atoms with Gasteiger partial charge in [0.05, 0.1) is 5.56 Å². The van der Waals surface area contributed by atoms with Crippen LogP contribution in [0.25, 0.3) is 0 Å². The molecule has 0 fully saturated rings. The third-order valence-corrected chi connectivity index (χ3v) is 2.72. The number of nitrogen functional groups attached to an aromatic ring is 2. The summed E-state index contributed by atoms with van der Waals surface area (Å²) >= 11 is 0. The van der Waals surface area contributed by atoms with Crippen molar-refractivity contribution in [1.29, 1.82) is 0 Å². The lowest BCUT2D eigenvalue weighted by molar-refractivity contribution is 0.0940. The predicted octanol–water partition coefficient (Wildman–Crippen LogP) is 0.686. The molecule has 2 aromatic carbocycles. The Labute approximate surface area is 120 Å². The van der Waals surface area contributed by atoms with Crippen molar-refractivity contribution in [3.8, 4) is 11.5 Å². The molecule has 7 nitrogen and oxygen atoms in total. The fourth-order valence-electron chi connectivity index (χ4n) is 1.71. The van der Waals surface area contributed by atoms with Gasteiger partial charge in [0.25, 0.3) is 11.8 Å². The standard InChI is InChI=1S/C14H14N4O3/c15-17-13(19)9-6-7-11(14(20)18-16)12(8-9)21-10-4-2-1-3-5-10/h1-8H,15-16H2,(H,17,19)(H,18,20). The van der Waals surface area contributed by atoms with Gasteiger partial charge in [0, 0.05) is 5.56 Å². The average molecular weight is 286 g/mol. The van der Waals surface area contributed by atoms with E-state index < -0.39 is 11.8 Å². The molecular weight excluding hydrogens is 272 g/mol. The molecule has 0 unspecified atom stereocenters. The van der Waals surface area contributed by atoms with Gasteiger partial charge < -0.3 is 4.74 Å². The lowest BCUT2D eigenvalue weighted by atomic mass is 10.1. The van der Waals surface area contributed by atoms with Crippen LogP contribution in [0.3, 0.4) is 0 Å². The Morgan fingerprint density at radius 1 is 0.905 bits per heavy atom. The lowest BCUT2D eigenvalue weighted by Crippen LogP contribution is -2.31. The number of nitrogens with one attached hydrogen (secondary N) is 2. The molecule has 0 bridgehead atoms. The van der Waals surface area contributed by atoms with Crippen LogP contribution in [0.4, 0.5) is 0 Å². The molecule has 0 aromatic heterocycles. The molecule has 0 heterocycles. The summed E-state index contributed by atoms with van der Waals surface area (Å²) < 4.78 is 5.63. The third kappa shape index (κ3) is 3.35. The number of hydrazine groups is 2. The second-order valence-corrected chi connectivity index (χ2v) is 4.07. The highest BCUT2D eigenvalue weighted by molar-refractivity contribution is 6.00. The summed E-state index contributed by atoms with van der Waals surface area (Å²) in [6, 6.07) is 13.1. The minimum absolute atomic E-state index is 0.199. The van der Waals surface area contributed by atoms with Crippen LogP contribution in [0.1, 0.15) is 20.7 Å². The molecule has 7 heteroatoms. The summed E-state index contributed by atoms with van der Waals surface area (Å²) in [6.07, 6.45) is 0. The molecule has 0 aliphatic heterocycles. The molecule has 0 spiro atoms. The van der Waals surface area contributed by atoms with Gasteiger partial charge in [-0.2, -0.15) is 0 Å². The van der Waals surface area contributed by atoms with Crippen molar-refractivity contribution in [3.05, 3.63) is 59.7 Å². The number of rotatable bonds is 4. The van der Waals surface area contributed by atoms with Crippen molar-refractivity contribution in [1.82, 2.24) is 10.9 Å². The van der Waals surface area contributed by atoms with Crippen LogP contribution >= 0.6 is 0 Å². The van der Waals surface area contributed by atoms with Crippen LogP contribution in [-0.2, 0) is 0 Å². The van der Waals surface area contributed by atoms with Crippen LogP contribution in [0.15, 0.2) is 48.5 Å². The van der Waals surface area contributed by atoms with Crippen molar-refractivity contribution < 1.29 is 14.3 Å². The number of hydrogen-bond donors (Lipinski definition) is 4. The number of para-hydroxylation sites is 1. The van der Waals surface area contributed by atoms with Gasteiger partial charge in [-0.15, -0.1) is 0 Å². The summed E-state index contributed by atoms with van der Waals surface area (Å²) in [5.74, 6) is 9.93. The number of carbonyl (C=O) groups excluding carboxylic acids is 2. The zero-order chi connectivity index (χ0) is 15.2. The summed E-state index contributed by atoms with van der Waals surface area (Å²) in [7, 11) is 0. The Balaban J connectivity index is 2.43. The summed E-state index contributed by atoms with van der Waals surface area (Å²) in [5, 5.41) is 0. The number of ether oxygens (including phenoxy) is 1. The van der Waals surface area contributed by atoms with E-state index in [1.807, 2.05) is 16.9 Å². The molecular formula is C14H14N4O3. The minimum Gasteiger partial charge on any atom is -0.457 e. The number of hydrogen-bond acceptors (Lipinski definition) is 5. The first kappa shape index (κ1) is 14.5. The molecule has 2 amide bonds. The van der Waals surface area contributed by atoms with E-state index in [2.05, 4.69) is 0 Å². The van der Waals surface area contributed by atoms with Crippen LogP contribution in [0.2, 0.25) is 0 Å². The van der Waals surface area contributed by atoms with Crippen LogP contribution < -0.4 is 27.3 Å². The highest BCUT2D eigenvalue weighted by Crippen LogP contribution is 2.26. The highest BCUT2D eigenvalue weighted by Gasteiger charge is 2.15. The first-order chi connectivity index (χ1) is 10.2. The van der Waals surface area contributed by atoms with E-state index in [0.29, 0.717) is 5.75 Å². The van der Waals surface area contributed by atoms with Gasteiger partial charge in [-0.3, -0.25) is 20.4 Å². The van der Waals surface area contributed by atoms with Gasteiger partial charge in [-0.05, 0) is 30.3 Å². The maximum Gasteiger partial charge on any atom is 0.268 e. The monoisotopic (exact) mass is 286 g/mol. The average Bonchev–Trinajstić information content (AvgIpc) is 2.54. The van der Waals surface area contributed by atoms with Crippen LogP contribution in [0.5, 0.6) is 11.5 Å². The molecule has 6 N–H and O–H groups in total.